The average molecular weight is 269 g/mol. The lowest BCUT2D eigenvalue weighted by molar-refractivity contribution is -0.136. The SMILES string of the molecule is O=[C]OCOc1ccc(C(F)(F)F)c2ccccc12. The molecule has 99 valence electrons. The Bertz CT molecular complexity index is 593. The highest BCUT2D eigenvalue weighted by Gasteiger charge is 2.32. The van der Waals surface area contributed by atoms with Crippen LogP contribution in [-0.4, -0.2) is 13.3 Å². The van der Waals surface area contributed by atoms with Crippen molar-refractivity contribution < 1.29 is 27.4 Å². The van der Waals surface area contributed by atoms with E-state index in [0.29, 0.717) is 5.39 Å². The van der Waals surface area contributed by atoms with Gasteiger partial charge in [-0.1, -0.05) is 24.3 Å². The van der Waals surface area contributed by atoms with Crippen molar-refractivity contribution in [3.8, 4) is 5.75 Å². The van der Waals surface area contributed by atoms with E-state index in [2.05, 4.69) is 4.74 Å². The van der Waals surface area contributed by atoms with Crippen molar-refractivity contribution in [3.05, 3.63) is 42.0 Å². The maximum absolute atomic E-state index is 12.8. The van der Waals surface area contributed by atoms with Gasteiger partial charge in [0.05, 0.1) is 5.56 Å². The first-order valence-electron chi connectivity index (χ1n) is 5.24. The Morgan fingerprint density at radius 1 is 1.05 bits per heavy atom. The molecule has 0 saturated carbocycles. The summed E-state index contributed by atoms with van der Waals surface area (Å²) < 4.78 is 47.8. The number of benzene rings is 2. The smallest absolute Gasteiger partial charge is 0.420 e. The molecule has 0 aromatic heterocycles. The minimum atomic E-state index is -4.44. The summed E-state index contributed by atoms with van der Waals surface area (Å²) in [6, 6.07) is 8.10. The second-order valence-corrected chi connectivity index (χ2v) is 3.64. The quantitative estimate of drug-likeness (QED) is 0.631. The number of fused-ring (bicyclic) bond motifs is 1. The molecule has 0 atom stereocenters. The highest BCUT2D eigenvalue weighted by atomic mass is 19.4. The van der Waals surface area contributed by atoms with Gasteiger partial charge in [0.1, 0.15) is 5.75 Å². The molecule has 0 bridgehead atoms. The summed E-state index contributed by atoms with van der Waals surface area (Å²) in [6.45, 7) is 0.763. The molecule has 0 N–H and O–H groups in total. The molecule has 0 aliphatic heterocycles. The van der Waals surface area contributed by atoms with Gasteiger partial charge < -0.3 is 9.47 Å². The van der Waals surface area contributed by atoms with Gasteiger partial charge in [-0.2, -0.15) is 13.2 Å². The maximum Gasteiger partial charge on any atom is 0.420 e. The van der Waals surface area contributed by atoms with Crippen LogP contribution in [0.25, 0.3) is 10.8 Å². The Balaban J connectivity index is 2.49. The fourth-order valence-electron chi connectivity index (χ4n) is 1.76. The summed E-state index contributed by atoms with van der Waals surface area (Å²) in [7, 11) is 0. The predicted molar refractivity (Wildman–Crippen MR) is 61.2 cm³/mol. The fourth-order valence-corrected chi connectivity index (χ4v) is 1.76. The minimum Gasteiger partial charge on any atom is -0.457 e. The Morgan fingerprint density at radius 3 is 2.37 bits per heavy atom. The van der Waals surface area contributed by atoms with Crippen molar-refractivity contribution in [1.29, 1.82) is 0 Å². The van der Waals surface area contributed by atoms with Gasteiger partial charge in [-0.3, -0.25) is 0 Å². The summed E-state index contributed by atoms with van der Waals surface area (Å²) in [5.41, 5.74) is -0.738. The van der Waals surface area contributed by atoms with Crippen LogP contribution in [0.4, 0.5) is 13.2 Å². The first-order chi connectivity index (χ1) is 9.04. The largest absolute Gasteiger partial charge is 0.457 e. The van der Waals surface area contributed by atoms with E-state index in [1.807, 2.05) is 0 Å². The fraction of sp³-hybridized carbons (Fsp3) is 0.154. The topological polar surface area (TPSA) is 35.5 Å². The summed E-state index contributed by atoms with van der Waals surface area (Å²) in [6.07, 6.45) is -4.44. The van der Waals surface area contributed by atoms with Crippen molar-refractivity contribution in [2.75, 3.05) is 6.79 Å². The molecule has 3 nitrogen and oxygen atoms in total. The third kappa shape index (κ3) is 2.78. The molecule has 2 aromatic rings. The van der Waals surface area contributed by atoms with Crippen LogP contribution in [0.2, 0.25) is 0 Å². The molecule has 0 unspecified atom stereocenters. The number of rotatable bonds is 4. The normalized spacial score (nSPS) is 11.3. The van der Waals surface area contributed by atoms with Crippen molar-refractivity contribution in [3.63, 3.8) is 0 Å². The summed E-state index contributed by atoms with van der Waals surface area (Å²) >= 11 is 0. The van der Waals surface area contributed by atoms with Crippen LogP contribution >= 0.6 is 0 Å². The zero-order valence-electron chi connectivity index (χ0n) is 9.53. The molecule has 6 heteroatoms. The minimum absolute atomic E-state index is 0.0302. The number of alkyl halides is 3. The molecule has 0 saturated heterocycles. The number of hydrogen-bond donors (Lipinski definition) is 0. The average Bonchev–Trinajstić information content (AvgIpc) is 2.37. The maximum atomic E-state index is 12.8. The monoisotopic (exact) mass is 269 g/mol. The van der Waals surface area contributed by atoms with Gasteiger partial charge in [-0.05, 0) is 17.5 Å². The molecule has 1 radical (unpaired) electrons. The van der Waals surface area contributed by atoms with Gasteiger partial charge in [0.25, 0.3) is 0 Å². The van der Waals surface area contributed by atoms with Crippen LogP contribution in [0.5, 0.6) is 5.75 Å². The van der Waals surface area contributed by atoms with E-state index in [1.165, 1.54) is 30.7 Å². The van der Waals surface area contributed by atoms with Crippen LogP contribution in [0.1, 0.15) is 5.56 Å². The van der Waals surface area contributed by atoms with Crippen LogP contribution < -0.4 is 4.74 Å². The molecule has 2 aromatic carbocycles. The molecular weight excluding hydrogens is 261 g/mol. The van der Waals surface area contributed by atoms with E-state index in [1.54, 1.807) is 6.07 Å². The van der Waals surface area contributed by atoms with Crippen molar-refractivity contribution in [1.82, 2.24) is 0 Å². The number of halogens is 3. The molecule has 0 aliphatic rings. The lowest BCUT2D eigenvalue weighted by atomic mass is 10.0. The summed E-state index contributed by atoms with van der Waals surface area (Å²) in [5.74, 6) is 0.207. The second kappa shape index (κ2) is 5.17. The van der Waals surface area contributed by atoms with E-state index < -0.39 is 18.5 Å². The Labute approximate surface area is 106 Å². The predicted octanol–water partition coefficient (Wildman–Crippen LogP) is 3.28. The van der Waals surface area contributed by atoms with Gasteiger partial charge in [0.2, 0.25) is 6.79 Å². The molecular formula is C13H8F3O3. The van der Waals surface area contributed by atoms with E-state index in [9.17, 15) is 18.0 Å². The zero-order valence-corrected chi connectivity index (χ0v) is 9.53. The second-order valence-electron chi connectivity index (χ2n) is 3.64. The molecule has 0 heterocycles. The van der Waals surface area contributed by atoms with Crippen molar-refractivity contribution in [2.45, 2.75) is 6.18 Å². The molecule has 0 amide bonds. The molecule has 19 heavy (non-hydrogen) atoms. The van der Waals surface area contributed by atoms with Crippen LogP contribution in [-0.2, 0) is 15.7 Å². The summed E-state index contributed by atoms with van der Waals surface area (Å²) in [4.78, 5) is 9.87. The number of ether oxygens (including phenoxy) is 2. The molecule has 0 aliphatic carbocycles. The lowest BCUT2D eigenvalue weighted by Crippen LogP contribution is -2.07. The zero-order chi connectivity index (χ0) is 13.9. The first kappa shape index (κ1) is 13.2. The third-order valence-corrected chi connectivity index (χ3v) is 2.52. The van der Waals surface area contributed by atoms with Crippen LogP contribution in [0.3, 0.4) is 0 Å². The molecule has 0 fully saturated rings. The van der Waals surface area contributed by atoms with Gasteiger partial charge >= 0.3 is 12.6 Å². The van der Waals surface area contributed by atoms with Crippen molar-refractivity contribution in [2.24, 2.45) is 0 Å². The highest BCUT2D eigenvalue weighted by molar-refractivity contribution is 5.91. The first-order valence-corrected chi connectivity index (χ1v) is 5.24. The number of carbonyl (C=O) groups excluding carboxylic acids is 1. The van der Waals surface area contributed by atoms with Gasteiger partial charge in [0, 0.05) is 5.39 Å². The lowest BCUT2D eigenvalue weighted by Gasteiger charge is -2.13. The van der Waals surface area contributed by atoms with Gasteiger partial charge in [0.15, 0.2) is 0 Å². The van der Waals surface area contributed by atoms with Gasteiger partial charge in [-0.15, -0.1) is 0 Å². The van der Waals surface area contributed by atoms with E-state index in [-0.39, 0.29) is 11.1 Å². The van der Waals surface area contributed by atoms with E-state index in [4.69, 9.17) is 4.74 Å². The molecule has 0 spiro atoms. The van der Waals surface area contributed by atoms with Crippen molar-refractivity contribution >= 4 is 17.2 Å². The Hall–Kier alpha value is -2.24. The third-order valence-electron chi connectivity index (χ3n) is 2.52. The van der Waals surface area contributed by atoms with E-state index in [0.717, 1.165) is 6.07 Å². The highest BCUT2D eigenvalue weighted by Crippen LogP contribution is 2.38. The van der Waals surface area contributed by atoms with Crippen LogP contribution in [0, 0.1) is 0 Å². The van der Waals surface area contributed by atoms with Gasteiger partial charge in [-0.25, -0.2) is 4.79 Å². The Kier molecular flexibility index (Phi) is 3.59. The molecule has 2 rings (SSSR count). The van der Waals surface area contributed by atoms with E-state index >= 15 is 0 Å². The Morgan fingerprint density at radius 2 is 1.74 bits per heavy atom. The number of hydrogen-bond acceptors (Lipinski definition) is 3. The summed E-state index contributed by atoms with van der Waals surface area (Å²) in [5, 5.41) is 0.328. The standard InChI is InChI=1S/C13H8F3O3/c14-13(15,16)11-5-6-12(19-8-18-7-17)10-4-2-1-3-9(10)11/h1-6H,8H2. The van der Waals surface area contributed by atoms with Crippen LogP contribution in [0.15, 0.2) is 36.4 Å².